The van der Waals surface area contributed by atoms with Gasteiger partial charge in [-0.2, -0.15) is 0 Å². The van der Waals surface area contributed by atoms with E-state index in [-0.39, 0.29) is 17.2 Å². The fourth-order valence-corrected chi connectivity index (χ4v) is 4.88. The average Bonchev–Trinajstić information content (AvgIpc) is 2.65. The Morgan fingerprint density at radius 1 is 1.32 bits per heavy atom. The Labute approximate surface area is 113 Å². The number of hydrogen-bond acceptors (Lipinski definition) is 5. The van der Waals surface area contributed by atoms with Crippen molar-refractivity contribution in [1.29, 1.82) is 0 Å². The molecule has 0 bridgehead atoms. The topological polar surface area (TPSA) is 80.3 Å². The zero-order valence-electron chi connectivity index (χ0n) is 10.7. The minimum absolute atomic E-state index is 0.199. The Bertz CT molecular complexity index is 665. The minimum atomic E-state index is -3.32. The first-order chi connectivity index (χ1) is 8.81. The van der Waals surface area contributed by atoms with E-state index in [2.05, 4.69) is 5.32 Å². The van der Waals surface area contributed by atoms with E-state index in [0.29, 0.717) is 18.5 Å². The first-order valence-electron chi connectivity index (χ1n) is 6.05. The highest BCUT2D eigenvalue weighted by Gasteiger charge is 2.31. The predicted octanol–water partition coefficient (Wildman–Crippen LogP) is 1.08. The van der Waals surface area contributed by atoms with Crippen LogP contribution in [0, 0.1) is 0 Å². The van der Waals surface area contributed by atoms with Gasteiger partial charge in [0.2, 0.25) is 0 Å². The molecule has 2 rings (SSSR count). The van der Waals surface area contributed by atoms with Gasteiger partial charge in [-0.05, 0) is 25.0 Å². The zero-order valence-corrected chi connectivity index (χ0v) is 12.3. The van der Waals surface area contributed by atoms with E-state index in [1.54, 1.807) is 18.2 Å². The summed E-state index contributed by atoms with van der Waals surface area (Å²) in [7, 11) is -6.34. The standard InChI is InChI=1S/C12H17NO4S2/c1-18(14,15)12-7-3-2-6-11(12)13-9-10-5-4-8-19(10,16)17/h2-3,6-7,10,13H,4-5,8-9H2,1H3. The van der Waals surface area contributed by atoms with E-state index < -0.39 is 24.9 Å². The van der Waals surface area contributed by atoms with Crippen molar-refractivity contribution in [2.45, 2.75) is 23.0 Å². The Morgan fingerprint density at radius 3 is 2.58 bits per heavy atom. The van der Waals surface area contributed by atoms with Gasteiger partial charge in [0.15, 0.2) is 19.7 Å². The molecule has 1 aromatic rings. The molecule has 1 unspecified atom stereocenters. The fourth-order valence-electron chi connectivity index (χ4n) is 2.25. The molecule has 1 aliphatic rings. The Hall–Kier alpha value is -1.08. The smallest absolute Gasteiger partial charge is 0.177 e. The van der Waals surface area contributed by atoms with E-state index in [0.717, 1.165) is 6.26 Å². The maximum atomic E-state index is 11.7. The molecule has 7 heteroatoms. The number of rotatable bonds is 4. The van der Waals surface area contributed by atoms with Crippen LogP contribution in [0.1, 0.15) is 12.8 Å². The molecule has 1 fully saturated rings. The maximum Gasteiger partial charge on any atom is 0.177 e. The molecule has 0 radical (unpaired) electrons. The van der Waals surface area contributed by atoms with Crippen molar-refractivity contribution < 1.29 is 16.8 Å². The number of benzene rings is 1. The van der Waals surface area contributed by atoms with Crippen LogP contribution in [0.15, 0.2) is 29.2 Å². The second-order valence-corrected chi connectivity index (χ2v) is 9.17. The van der Waals surface area contributed by atoms with Crippen LogP contribution in [0.2, 0.25) is 0 Å². The second-order valence-electron chi connectivity index (χ2n) is 4.78. The van der Waals surface area contributed by atoms with E-state index in [1.807, 2.05) is 0 Å². The predicted molar refractivity (Wildman–Crippen MR) is 74.9 cm³/mol. The number of hydrogen-bond donors (Lipinski definition) is 1. The molecule has 0 aliphatic carbocycles. The van der Waals surface area contributed by atoms with E-state index in [1.165, 1.54) is 6.07 Å². The lowest BCUT2D eigenvalue weighted by atomic mass is 10.2. The highest BCUT2D eigenvalue weighted by Crippen LogP contribution is 2.24. The third-order valence-corrected chi connectivity index (χ3v) is 6.70. The molecule has 106 valence electrons. The number of nitrogens with one attached hydrogen (secondary N) is 1. The van der Waals surface area contributed by atoms with Crippen LogP contribution < -0.4 is 5.32 Å². The van der Waals surface area contributed by atoms with Crippen molar-refractivity contribution in [2.24, 2.45) is 0 Å². The molecule has 1 saturated heterocycles. The average molecular weight is 303 g/mol. The highest BCUT2D eigenvalue weighted by atomic mass is 32.2. The van der Waals surface area contributed by atoms with E-state index in [9.17, 15) is 16.8 Å². The quantitative estimate of drug-likeness (QED) is 0.900. The van der Waals surface area contributed by atoms with Crippen molar-refractivity contribution in [2.75, 3.05) is 23.9 Å². The number of para-hydroxylation sites is 1. The lowest BCUT2D eigenvalue weighted by molar-refractivity contribution is 0.591. The number of anilines is 1. The summed E-state index contributed by atoms with van der Waals surface area (Å²) in [6, 6.07) is 6.53. The van der Waals surface area contributed by atoms with Gasteiger partial charge >= 0.3 is 0 Å². The molecule has 1 heterocycles. The maximum absolute atomic E-state index is 11.7. The Morgan fingerprint density at radius 2 is 2.00 bits per heavy atom. The molecule has 19 heavy (non-hydrogen) atoms. The first kappa shape index (κ1) is 14.3. The lowest BCUT2D eigenvalue weighted by Gasteiger charge is -2.14. The van der Waals surface area contributed by atoms with Gasteiger partial charge < -0.3 is 5.32 Å². The van der Waals surface area contributed by atoms with Gasteiger partial charge in [-0.1, -0.05) is 12.1 Å². The molecule has 1 N–H and O–H groups in total. The van der Waals surface area contributed by atoms with E-state index in [4.69, 9.17) is 0 Å². The summed E-state index contributed by atoms with van der Waals surface area (Å²) in [5, 5.41) is 2.54. The lowest BCUT2D eigenvalue weighted by Crippen LogP contribution is -2.25. The van der Waals surface area contributed by atoms with Gasteiger partial charge in [0.05, 0.1) is 21.6 Å². The molecule has 0 saturated carbocycles. The number of sulfone groups is 2. The Kier molecular flexibility index (Phi) is 3.87. The fraction of sp³-hybridized carbons (Fsp3) is 0.500. The van der Waals surface area contributed by atoms with Gasteiger partial charge in [0.25, 0.3) is 0 Å². The summed E-state index contributed by atoms with van der Waals surface area (Å²) in [6.07, 6.45) is 2.46. The normalized spacial score (nSPS) is 22.3. The van der Waals surface area contributed by atoms with Gasteiger partial charge in [-0.25, -0.2) is 16.8 Å². The van der Waals surface area contributed by atoms with Crippen LogP contribution in [-0.2, 0) is 19.7 Å². The molecular weight excluding hydrogens is 286 g/mol. The van der Waals surface area contributed by atoms with Gasteiger partial charge in [-0.3, -0.25) is 0 Å². The molecule has 5 nitrogen and oxygen atoms in total. The third kappa shape index (κ3) is 3.27. The first-order valence-corrected chi connectivity index (χ1v) is 9.66. The largest absolute Gasteiger partial charge is 0.383 e. The SMILES string of the molecule is CS(=O)(=O)c1ccccc1NCC1CCCS1(=O)=O. The summed E-state index contributed by atoms with van der Waals surface area (Å²) < 4.78 is 46.7. The van der Waals surface area contributed by atoms with Gasteiger partial charge in [-0.15, -0.1) is 0 Å². The van der Waals surface area contributed by atoms with Gasteiger partial charge in [0.1, 0.15) is 0 Å². The summed E-state index contributed by atoms with van der Waals surface area (Å²) in [5.41, 5.74) is 0.465. The third-order valence-electron chi connectivity index (χ3n) is 3.27. The molecule has 0 aromatic heterocycles. The molecule has 0 amide bonds. The minimum Gasteiger partial charge on any atom is -0.383 e. The molecular formula is C12H17NO4S2. The summed E-state index contributed by atoms with van der Waals surface area (Å²) in [6.45, 7) is 0.259. The monoisotopic (exact) mass is 303 g/mol. The van der Waals surface area contributed by atoms with Crippen molar-refractivity contribution >= 4 is 25.4 Å². The summed E-state index contributed by atoms with van der Waals surface area (Å²) in [5.74, 6) is 0.229. The molecule has 1 atom stereocenters. The highest BCUT2D eigenvalue weighted by molar-refractivity contribution is 7.92. The van der Waals surface area contributed by atoms with E-state index >= 15 is 0 Å². The summed E-state index contributed by atoms with van der Waals surface area (Å²) in [4.78, 5) is 0.199. The van der Waals surface area contributed by atoms with Crippen LogP contribution in [0.5, 0.6) is 0 Å². The molecule has 1 aliphatic heterocycles. The van der Waals surface area contributed by atoms with Crippen LogP contribution >= 0.6 is 0 Å². The van der Waals surface area contributed by atoms with Crippen molar-refractivity contribution in [3.8, 4) is 0 Å². The van der Waals surface area contributed by atoms with Crippen molar-refractivity contribution in [1.82, 2.24) is 0 Å². The van der Waals surface area contributed by atoms with Gasteiger partial charge in [0, 0.05) is 12.8 Å². The van der Waals surface area contributed by atoms with Crippen molar-refractivity contribution in [3.63, 3.8) is 0 Å². The van der Waals surface area contributed by atoms with Crippen LogP contribution in [0.4, 0.5) is 5.69 Å². The van der Waals surface area contributed by atoms with Crippen LogP contribution in [0.25, 0.3) is 0 Å². The molecule has 0 spiro atoms. The zero-order chi connectivity index (χ0) is 14.1. The second kappa shape index (κ2) is 5.13. The molecule has 1 aromatic carbocycles. The summed E-state index contributed by atoms with van der Waals surface area (Å²) >= 11 is 0. The Balaban J connectivity index is 2.17. The van der Waals surface area contributed by atoms with Crippen LogP contribution in [0.3, 0.4) is 0 Å². The van der Waals surface area contributed by atoms with Crippen molar-refractivity contribution in [3.05, 3.63) is 24.3 Å². The van der Waals surface area contributed by atoms with Crippen LogP contribution in [-0.4, -0.2) is 40.6 Å².